The summed E-state index contributed by atoms with van der Waals surface area (Å²) in [6.07, 6.45) is 0.972. The van der Waals surface area contributed by atoms with Crippen molar-refractivity contribution in [2.45, 2.75) is 38.6 Å². The summed E-state index contributed by atoms with van der Waals surface area (Å²) >= 11 is 0. The van der Waals surface area contributed by atoms with E-state index in [4.69, 9.17) is 4.74 Å². The third-order valence-corrected chi connectivity index (χ3v) is 6.00. The van der Waals surface area contributed by atoms with Crippen LogP contribution in [0.25, 0.3) is 16.6 Å². The summed E-state index contributed by atoms with van der Waals surface area (Å²) in [5.41, 5.74) is 0.317. The topological polar surface area (TPSA) is 47.4 Å². The number of halogens is 3. The lowest BCUT2D eigenvalue weighted by Crippen LogP contribution is -2.46. The van der Waals surface area contributed by atoms with Gasteiger partial charge < -0.3 is 9.64 Å². The molecule has 0 unspecified atom stereocenters. The number of ether oxygens (including phenoxy) is 1. The van der Waals surface area contributed by atoms with Gasteiger partial charge in [-0.3, -0.25) is 4.79 Å². The summed E-state index contributed by atoms with van der Waals surface area (Å²) in [5.74, 6) is -1.02. The Balaban J connectivity index is 1.49. The molecule has 0 N–H and O–H groups in total. The van der Waals surface area contributed by atoms with Crippen molar-refractivity contribution in [1.82, 2.24) is 9.78 Å². The number of carbonyl (C=O) groups is 1. The molecule has 8 heteroatoms. The van der Waals surface area contributed by atoms with Crippen molar-refractivity contribution in [1.29, 1.82) is 0 Å². The second-order valence-corrected chi connectivity index (χ2v) is 8.88. The number of fused-ring (bicyclic) bond motifs is 2. The van der Waals surface area contributed by atoms with Crippen LogP contribution in [-0.4, -0.2) is 27.4 Å². The fraction of sp³-hybridized carbons (Fsp3) is 0.231. The van der Waals surface area contributed by atoms with Crippen LogP contribution >= 0.6 is 0 Å². The number of rotatable bonds is 4. The largest absolute Gasteiger partial charge is 0.483 e. The van der Waals surface area contributed by atoms with Crippen molar-refractivity contribution >= 4 is 22.5 Å². The Hall–Kier alpha value is -3.81. The minimum absolute atomic E-state index is 0.332. The Morgan fingerprint density at radius 3 is 2.41 bits per heavy atom. The number of nitrogens with zero attached hydrogens (tertiary/aromatic N) is 3. The van der Waals surface area contributed by atoms with Gasteiger partial charge in [0.1, 0.15) is 23.5 Å². The van der Waals surface area contributed by atoms with E-state index in [1.54, 1.807) is 42.1 Å². The van der Waals surface area contributed by atoms with E-state index in [2.05, 4.69) is 5.10 Å². The fourth-order valence-corrected chi connectivity index (χ4v) is 4.35. The highest BCUT2D eigenvalue weighted by atomic mass is 19.1. The molecule has 34 heavy (non-hydrogen) atoms. The van der Waals surface area contributed by atoms with Gasteiger partial charge in [-0.15, -0.1) is 0 Å². The van der Waals surface area contributed by atoms with Gasteiger partial charge in [0.05, 0.1) is 29.1 Å². The lowest BCUT2D eigenvalue weighted by Gasteiger charge is -2.29. The number of hydrogen-bond acceptors (Lipinski definition) is 3. The van der Waals surface area contributed by atoms with Gasteiger partial charge in [0.15, 0.2) is 5.67 Å². The van der Waals surface area contributed by atoms with Crippen LogP contribution in [0.3, 0.4) is 0 Å². The third kappa shape index (κ3) is 3.69. The van der Waals surface area contributed by atoms with Crippen LogP contribution < -0.4 is 9.64 Å². The predicted octanol–water partition coefficient (Wildman–Crippen LogP) is 5.91. The zero-order chi connectivity index (χ0) is 24.2. The lowest BCUT2D eigenvalue weighted by molar-refractivity contribution is -0.128. The molecule has 0 bridgehead atoms. The van der Waals surface area contributed by atoms with E-state index in [1.807, 2.05) is 6.07 Å². The minimum Gasteiger partial charge on any atom is -0.483 e. The van der Waals surface area contributed by atoms with Crippen LogP contribution in [0.5, 0.6) is 5.75 Å². The van der Waals surface area contributed by atoms with Gasteiger partial charge in [0, 0.05) is 10.9 Å². The highest BCUT2D eigenvalue weighted by molar-refractivity contribution is 6.01. The molecule has 3 aromatic carbocycles. The van der Waals surface area contributed by atoms with Crippen molar-refractivity contribution < 1.29 is 22.7 Å². The Morgan fingerprint density at radius 1 is 1.00 bits per heavy atom. The van der Waals surface area contributed by atoms with Crippen LogP contribution in [0.2, 0.25) is 0 Å². The van der Waals surface area contributed by atoms with E-state index >= 15 is 0 Å². The lowest BCUT2D eigenvalue weighted by atomic mass is 10.1. The van der Waals surface area contributed by atoms with Gasteiger partial charge in [-0.2, -0.15) is 5.10 Å². The first kappa shape index (κ1) is 22.0. The number of anilines is 1. The van der Waals surface area contributed by atoms with Crippen LogP contribution in [0.15, 0.2) is 66.9 Å². The van der Waals surface area contributed by atoms with Crippen LogP contribution in [0.4, 0.5) is 18.9 Å². The van der Waals surface area contributed by atoms with Gasteiger partial charge in [-0.25, -0.2) is 17.9 Å². The maximum atomic E-state index is 14.5. The molecule has 0 spiro atoms. The fourth-order valence-electron chi connectivity index (χ4n) is 4.35. The molecule has 174 valence electrons. The summed E-state index contributed by atoms with van der Waals surface area (Å²) in [5, 5.41) is 5.17. The molecule has 2 heterocycles. The summed E-state index contributed by atoms with van der Waals surface area (Å²) < 4.78 is 49.8. The highest BCUT2D eigenvalue weighted by Gasteiger charge is 2.45. The molecule has 5 nitrogen and oxygen atoms in total. The van der Waals surface area contributed by atoms with Crippen LogP contribution in [0.1, 0.15) is 32.4 Å². The van der Waals surface area contributed by atoms with Crippen molar-refractivity contribution in [2.75, 3.05) is 4.90 Å². The Bertz CT molecular complexity index is 1390. The second-order valence-electron chi connectivity index (χ2n) is 8.88. The first-order valence-corrected chi connectivity index (χ1v) is 10.9. The average Bonchev–Trinajstić information content (AvgIpc) is 3.32. The number of carbonyl (C=O) groups excluding carboxylic acids is 1. The standard InChI is InChI=1S/C26H22F3N3O2/c1-15-24(21-13-18(28)6-10-23(21)31(15)25(33)26(2,3)29)34-20-9-11-22-16(12-20)14-30-32(22)19-7-4-17(27)5-8-19/h4-15,24H,1-3H3/t15-,24-/m0/s1. The van der Waals surface area contributed by atoms with E-state index in [0.717, 1.165) is 10.9 Å². The number of hydrogen-bond donors (Lipinski definition) is 0. The second kappa shape index (κ2) is 7.90. The summed E-state index contributed by atoms with van der Waals surface area (Å²) in [4.78, 5) is 14.2. The maximum absolute atomic E-state index is 14.5. The van der Waals surface area contributed by atoms with Crippen molar-refractivity contribution in [3.05, 3.63) is 84.1 Å². The van der Waals surface area contributed by atoms with Gasteiger partial charge in [-0.1, -0.05) is 0 Å². The molecule has 2 atom stereocenters. The first-order chi connectivity index (χ1) is 16.1. The molecule has 0 fully saturated rings. The molecule has 4 aromatic rings. The smallest absolute Gasteiger partial charge is 0.264 e. The SMILES string of the molecule is C[C@H]1[C@H](Oc2ccc3c(cnn3-c3ccc(F)cc3)c2)c2cc(F)ccc2N1C(=O)C(C)(C)F. The molecule has 1 aliphatic rings. The number of amides is 1. The van der Waals surface area contributed by atoms with E-state index in [-0.39, 0.29) is 5.82 Å². The van der Waals surface area contributed by atoms with Crippen LogP contribution in [-0.2, 0) is 4.79 Å². The first-order valence-electron chi connectivity index (χ1n) is 10.9. The number of benzene rings is 3. The predicted molar refractivity (Wildman–Crippen MR) is 123 cm³/mol. The zero-order valence-electron chi connectivity index (χ0n) is 18.8. The monoisotopic (exact) mass is 465 g/mol. The van der Waals surface area contributed by atoms with Gasteiger partial charge in [-0.05, 0) is 81.4 Å². The molecular formula is C26H22F3N3O2. The maximum Gasteiger partial charge on any atom is 0.264 e. The molecular weight excluding hydrogens is 443 g/mol. The minimum atomic E-state index is -2.09. The van der Waals surface area contributed by atoms with Gasteiger partial charge in [0.2, 0.25) is 0 Å². The molecule has 0 radical (unpaired) electrons. The number of aromatic nitrogens is 2. The van der Waals surface area contributed by atoms with E-state index in [0.29, 0.717) is 22.7 Å². The molecule has 1 aliphatic heterocycles. The molecule has 5 rings (SSSR count). The Kier molecular flexibility index (Phi) is 5.11. The van der Waals surface area contributed by atoms with Gasteiger partial charge >= 0.3 is 0 Å². The average molecular weight is 465 g/mol. The molecule has 0 saturated heterocycles. The normalized spacial score (nSPS) is 17.8. The zero-order valence-corrected chi connectivity index (χ0v) is 18.8. The molecule has 0 saturated carbocycles. The van der Waals surface area contributed by atoms with Crippen molar-refractivity contribution in [3.8, 4) is 11.4 Å². The quantitative estimate of drug-likeness (QED) is 0.377. The summed E-state index contributed by atoms with van der Waals surface area (Å²) in [7, 11) is 0. The van der Waals surface area contributed by atoms with E-state index in [1.165, 1.54) is 49.1 Å². The molecule has 1 amide bonds. The molecule has 1 aromatic heterocycles. The van der Waals surface area contributed by atoms with E-state index < -0.39 is 29.5 Å². The highest BCUT2D eigenvalue weighted by Crippen LogP contribution is 2.44. The van der Waals surface area contributed by atoms with E-state index in [9.17, 15) is 18.0 Å². The number of alkyl halides is 1. The van der Waals surface area contributed by atoms with Crippen molar-refractivity contribution in [3.63, 3.8) is 0 Å². The third-order valence-electron chi connectivity index (χ3n) is 6.00. The van der Waals surface area contributed by atoms with Gasteiger partial charge in [0.25, 0.3) is 5.91 Å². The summed E-state index contributed by atoms with van der Waals surface area (Å²) in [6.45, 7) is 4.15. The van der Waals surface area contributed by atoms with Crippen LogP contribution in [0, 0.1) is 11.6 Å². The molecule has 0 aliphatic carbocycles. The van der Waals surface area contributed by atoms with Crippen molar-refractivity contribution in [2.24, 2.45) is 0 Å². The summed E-state index contributed by atoms with van der Waals surface area (Å²) in [6, 6.07) is 14.8. The Morgan fingerprint density at radius 2 is 1.71 bits per heavy atom. The Labute approximate surface area is 194 Å².